The first-order chi connectivity index (χ1) is 10.5. The van der Waals surface area contributed by atoms with Gasteiger partial charge in [-0.3, -0.25) is 0 Å². The van der Waals surface area contributed by atoms with E-state index in [0.29, 0.717) is 6.42 Å². The van der Waals surface area contributed by atoms with Crippen molar-refractivity contribution >= 4 is 17.2 Å². The van der Waals surface area contributed by atoms with Crippen LogP contribution in [0.2, 0.25) is 5.02 Å². The molecule has 0 bridgehead atoms. The predicted octanol–water partition coefficient (Wildman–Crippen LogP) is 4.71. The van der Waals surface area contributed by atoms with Crippen LogP contribution in [0.25, 0.3) is 16.9 Å². The van der Waals surface area contributed by atoms with Crippen molar-refractivity contribution in [1.29, 1.82) is 0 Å². The van der Waals surface area contributed by atoms with Gasteiger partial charge in [-0.25, -0.2) is 4.98 Å². The highest BCUT2D eigenvalue weighted by Gasteiger charge is 2.20. The van der Waals surface area contributed by atoms with Gasteiger partial charge in [0.1, 0.15) is 5.65 Å². The molecule has 3 nitrogen and oxygen atoms in total. The molecule has 1 N–H and O–H groups in total. The van der Waals surface area contributed by atoms with Gasteiger partial charge in [-0.2, -0.15) is 0 Å². The van der Waals surface area contributed by atoms with Crippen molar-refractivity contribution in [3.05, 3.63) is 58.4 Å². The third-order valence-electron chi connectivity index (χ3n) is 3.94. The Kier molecular flexibility index (Phi) is 3.94. The van der Waals surface area contributed by atoms with Gasteiger partial charge in [0.05, 0.1) is 17.5 Å². The summed E-state index contributed by atoms with van der Waals surface area (Å²) in [5, 5.41) is 11.2. The molecule has 0 fully saturated rings. The Morgan fingerprint density at radius 3 is 2.68 bits per heavy atom. The molecule has 114 valence electrons. The first-order valence-corrected chi connectivity index (χ1v) is 7.82. The highest BCUT2D eigenvalue weighted by atomic mass is 35.5. The summed E-state index contributed by atoms with van der Waals surface area (Å²) in [6, 6.07) is 9.86. The number of aliphatic hydroxyl groups is 1. The minimum Gasteiger partial charge on any atom is -0.387 e. The van der Waals surface area contributed by atoms with E-state index in [1.807, 2.05) is 61.7 Å². The number of benzene rings is 1. The molecular weight excluding hydrogens is 296 g/mol. The SMILES string of the molecule is CCC(O)c1c(-c2ccc(Cl)c(C)c2)nc2ccc(C)cn12. The van der Waals surface area contributed by atoms with Gasteiger partial charge in [0.2, 0.25) is 0 Å². The molecule has 3 rings (SSSR count). The summed E-state index contributed by atoms with van der Waals surface area (Å²) in [5.41, 5.74) is 5.61. The van der Waals surface area contributed by atoms with Gasteiger partial charge >= 0.3 is 0 Å². The lowest BCUT2D eigenvalue weighted by molar-refractivity contribution is 0.168. The molecular formula is C18H19ClN2O. The lowest BCUT2D eigenvalue weighted by atomic mass is 10.0. The highest BCUT2D eigenvalue weighted by Crippen LogP contribution is 2.32. The largest absolute Gasteiger partial charge is 0.387 e. The third-order valence-corrected chi connectivity index (χ3v) is 4.36. The van der Waals surface area contributed by atoms with Gasteiger partial charge in [0.15, 0.2) is 0 Å². The molecule has 0 aliphatic rings. The molecule has 0 saturated carbocycles. The predicted molar refractivity (Wildman–Crippen MR) is 90.4 cm³/mol. The van der Waals surface area contributed by atoms with E-state index in [9.17, 15) is 5.11 Å². The van der Waals surface area contributed by atoms with E-state index in [1.165, 1.54) is 0 Å². The van der Waals surface area contributed by atoms with E-state index in [2.05, 4.69) is 0 Å². The molecule has 0 spiro atoms. The number of fused-ring (bicyclic) bond motifs is 1. The van der Waals surface area contributed by atoms with Crippen molar-refractivity contribution in [2.45, 2.75) is 33.3 Å². The van der Waals surface area contributed by atoms with Crippen LogP contribution in [0, 0.1) is 13.8 Å². The summed E-state index contributed by atoms with van der Waals surface area (Å²) in [6.45, 7) is 5.98. The Morgan fingerprint density at radius 1 is 1.23 bits per heavy atom. The summed E-state index contributed by atoms with van der Waals surface area (Å²) in [7, 11) is 0. The number of nitrogens with zero attached hydrogens (tertiary/aromatic N) is 2. The zero-order valence-electron chi connectivity index (χ0n) is 13.0. The van der Waals surface area contributed by atoms with Crippen molar-refractivity contribution < 1.29 is 5.11 Å². The third kappa shape index (κ3) is 2.51. The standard InChI is InChI=1S/C18H19ClN2O/c1-4-15(22)18-17(13-6-7-14(19)12(3)9-13)20-16-8-5-11(2)10-21(16)18/h5-10,15,22H,4H2,1-3H3. The first-order valence-electron chi connectivity index (χ1n) is 7.44. The van der Waals surface area contributed by atoms with Crippen LogP contribution in [0.5, 0.6) is 0 Å². The minimum absolute atomic E-state index is 0.553. The summed E-state index contributed by atoms with van der Waals surface area (Å²) in [5.74, 6) is 0. The molecule has 0 aliphatic carbocycles. The number of imidazole rings is 1. The van der Waals surface area contributed by atoms with Crippen LogP contribution in [0.3, 0.4) is 0 Å². The Morgan fingerprint density at radius 2 is 2.00 bits per heavy atom. The van der Waals surface area contributed by atoms with Crippen LogP contribution in [-0.4, -0.2) is 14.5 Å². The zero-order chi connectivity index (χ0) is 15.9. The average molecular weight is 315 g/mol. The van der Waals surface area contributed by atoms with Gasteiger partial charge in [0.25, 0.3) is 0 Å². The zero-order valence-corrected chi connectivity index (χ0v) is 13.7. The molecule has 0 saturated heterocycles. The number of aryl methyl sites for hydroxylation is 2. The molecule has 2 aromatic heterocycles. The van der Waals surface area contributed by atoms with E-state index < -0.39 is 6.10 Å². The van der Waals surface area contributed by atoms with Crippen LogP contribution in [0.4, 0.5) is 0 Å². The van der Waals surface area contributed by atoms with Crippen molar-refractivity contribution in [1.82, 2.24) is 9.38 Å². The quantitative estimate of drug-likeness (QED) is 0.760. The molecule has 3 aromatic rings. The van der Waals surface area contributed by atoms with Crippen LogP contribution in [-0.2, 0) is 0 Å². The van der Waals surface area contributed by atoms with Crippen LogP contribution < -0.4 is 0 Å². The number of pyridine rings is 1. The Balaban J connectivity index is 2.30. The van der Waals surface area contributed by atoms with Gasteiger partial charge in [-0.1, -0.05) is 30.7 Å². The fourth-order valence-electron chi connectivity index (χ4n) is 2.69. The molecule has 0 amide bonds. The van der Waals surface area contributed by atoms with E-state index in [0.717, 1.165) is 38.7 Å². The maximum Gasteiger partial charge on any atom is 0.137 e. The van der Waals surface area contributed by atoms with E-state index >= 15 is 0 Å². The number of rotatable bonds is 3. The number of hydrogen-bond donors (Lipinski definition) is 1. The van der Waals surface area contributed by atoms with E-state index in [4.69, 9.17) is 16.6 Å². The monoisotopic (exact) mass is 314 g/mol. The van der Waals surface area contributed by atoms with Crippen molar-refractivity contribution in [3.8, 4) is 11.3 Å². The molecule has 0 aliphatic heterocycles. The highest BCUT2D eigenvalue weighted by molar-refractivity contribution is 6.31. The smallest absolute Gasteiger partial charge is 0.137 e. The van der Waals surface area contributed by atoms with Crippen LogP contribution in [0.15, 0.2) is 36.5 Å². The van der Waals surface area contributed by atoms with Crippen molar-refractivity contribution in [2.24, 2.45) is 0 Å². The summed E-state index contributed by atoms with van der Waals surface area (Å²) < 4.78 is 1.99. The molecule has 1 unspecified atom stereocenters. The Hall–Kier alpha value is -1.84. The van der Waals surface area contributed by atoms with Gasteiger partial charge in [0, 0.05) is 16.8 Å². The van der Waals surface area contributed by atoms with Crippen molar-refractivity contribution in [2.75, 3.05) is 0 Å². The maximum absolute atomic E-state index is 10.5. The number of halogens is 1. The van der Waals surface area contributed by atoms with E-state index in [1.54, 1.807) is 0 Å². The van der Waals surface area contributed by atoms with Crippen LogP contribution >= 0.6 is 11.6 Å². The molecule has 1 atom stereocenters. The normalized spacial score (nSPS) is 12.8. The van der Waals surface area contributed by atoms with Crippen molar-refractivity contribution in [3.63, 3.8) is 0 Å². The molecule has 2 heterocycles. The number of aromatic nitrogens is 2. The molecule has 0 radical (unpaired) electrons. The number of aliphatic hydroxyl groups excluding tert-OH is 1. The van der Waals surface area contributed by atoms with Gasteiger partial charge < -0.3 is 9.51 Å². The Labute approximate surface area is 135 Å². The second-order valence-electron chi connectivity index (χ2n) is 5.67. The first kappa shape index (κ1) is 15.1. The summed E-state index contributed by atoms with van der Waals surface area (Å²) in [4.78, 5) is 4.72. The molecule has 22 heavy (non-hydrogen) atoms. The fraction of sp³-hybridized carbons (Fsp3) is 0.278. The second-order valence-corrected chi connectivity index (χ2v) is 6.08. The Bertz CT molecular complexity index is 838. The summed E-state index contributed by atoms with van der Waals surface area (Å²) in [6.07, 6.45) is 2.10. The maximum atomic E-state index is 10.5. The van der Waals surface area contributed by atoms with Crippen LogP contribution in [0.1, 0.15) is 36.3 Å². The van der Waals surface area contributed by atoms with Gasteiger partial charge in [-0.15, -0.1) is 0 Å². The summed E-state index contributed by atoms with van der Waals surface area (Å²) >= 11 is 6.12. The number of hydrogen-bond acceptors (Lipinski definition) is 2. The van der Waals surface area contributed by atoms with Gasteiger partial charge in [-0.05, 0) is 49.6 Å². The second kappa shape index (κ2) is 5.75. The lowest BCUT2D eigenvalue weighted by Crippen LogP contribution is -2.02. The fourth-order valence-corrected chi connectivity index (χ4v) is 2.80. The molecule has 4 heteroatoms. The lowest BCUT2D eigenvalue weighted by Gasteiger charge is -2.11. The molecule has 1 aromatic carbocycles. The minimum atomic E-state index is -0.553. The van der Waals surface area contributed by atoms with E-state index in [-0.39, 0.29) is 0 Å². The average Bonchev–Trinajstić information content (AvgIpc) is 2.87. The topological polar surface area (TPSA) is 37.5 Å².